The van der Waals surface area contributed by atoms with Crippen molar-refractivity contribution in [2.24, 2.45) is 17.8 Å². The van der Waals surface area contributed by atoms with Crippen LogP contribution in [0.25, 0.3) is 0 Å². The van der Waals surface area contributed by atoms with Crippen LogP contribution < -0.4 is 5.56 Å². The van der Waals surface area contributed by atoms with E-state index < -0.39 is 21.6 Å². The first kappa shape index (κ1) is 22.0. The molecular formula is C21H32N2O5S. The highest BCUT2D eigenvalue weighted by molar-refractivity contribution is 7.89. The maximum atomic E-state index is 12.7. The Morgan fingerprint density at radius 3 is 2.55 bits per heavy atom. The molecule has 0 N–H and O–H groups in total. The molecule has 1 saturated heterocycles. The van der Waals surface area contributed by atoms with Crippen LogP contribution in [0.4, 0.5) is 0 Å². The quantitative estimate of drug-likeness (QED) is 0.656. The molecule has 2 heterocycles. The minimum absolute atomic E-state index is 0.0399. The van der Waals surface area contributed by atoms with Gasteiger partial charge < -0.3 is 9.30 Å². The van der Waals surface area contributed by atoms with Crippen LogP contribution in [0.1, 0.15) is 52.9 Å². The second-order valence-electron chi connectivity index (χ2n) is 8.80. The van der Waals surface area contributed by atoms with Gasteiger partial charge in [0, 0.05) is 25.4 Å². The second kappa shape index (κ2) is 9.00. The molecule has 29 heavy (non-hydrogen) atoms. The molecule has 7 nitrogen and oxygen atoms in total. The number of rotatable bonds is 6. The van der Waals surface area contributed by atoms with E-state index in [2.05, 4.69) is 20.8 Å². The summed E-state index contributed by atoms with van der Waals surface area (Å²) in [6.07, 6.45) is 5.77. The summed E-state index contributed by atoms with van der Waals surface area (Å²) >= 11 is 0. The number of hydrogen-bond donors (Lipinski definition) is 0. The van der Waals surface area contributed by atoms with E-state index in [1.165, 1.54) is 22.6 Å². The highest BCUT2D eigenvalue weighted by atomic mass is 32.2. The summed E-state index contributed by atoms with van der Waals surface area (Å²) in [6.45, 7) is 7.13. The van der Waals surface area contributed by atoms with Crippen molar-refractivity contribution in [1.29, 1.82) is 0 Å². The number of carbonyl (C=O) groups is 1. The van der Waals surface area contributed by atoms with Gasteiger partial charge in [-0.25, -0.2) is 8.42 Å². The SMILES string of the molecule is CC(C)[C@@H]1CC[C@@H](C)C[C@H]1OC(=O)Cn1cc(S(=O)(=O)N2CCCC2)ccc1=O. The zero-order valence-electron chi connectivity index (χ0n) is 17.5. The van der Waals surface area contributed by atoms with E-state index in [-0.39, 0.29) is 17.5 Å². The minimum Gasteiger partial charge on any atom is -0.461 e. The monoisotopic (exact) mass is 424 g/mol. The zero-order chi connectivity index (χ0) is 21.2. The molecule has 0 aromatic carbocycles. The normalized spacial score (nSPS) is 26.0. The van der Waals surface area contributed by atoms with Crippen molar-refractivity contribution in [2.45, 2.75) is 70.4 Å². The molecule has 8 heteroatoms. The van der Waals surface area contributed by atoms with Crippen molar-refractivity contribution >= 4 is 16.0 Å². The molecule has 0 amide bonds. The van der Waals surface area contributed by atoms with Gasteiger partial charge in [-0.2, -0.15) is 4.31 Å². The molecule has 162 valence electrons. The number of nitrogens with zero attached hydrogens (tertiary/aromatic N) is 2. The fraction of sp³-hybridized carbons (Fsp3) is 0.714. The van der Waals surface area contributed by atoms with Crippen LogP contribution in [0.3, 0.4) is 0 Å². The summed E-state index contributed by atoms with van der Waals surface area (Å²) in [5.41, 5.74) is -0.417. The number of carbonyl (C=O) groups excluding carboxylic acids is 1. The number of esters is 1. The fourth-order valence-corrected chi connectivity index (χ4v) is 6.00. The molecule has 0 bridgehead atoms. The Bertz CT molecular complexity index is 887. The molecular weight excluding hydrogens is 392 g/mol. The van der Waals surface area contributed by atoms with E-state index >= 15 is 0 Å². The number of sulfonamides is 1. The van der Waals surface area contributed by atoms with Gasteiger partial charge in [-0.15, -0.1) is 0 Å². The Hall–Kier alpha value is -1.67. The minimum atomic E-state index is -3.65. The van der Waals surface area contributed by atoms with Gasteiger partial charge in [0.15, 0.2) is 0 Å². The summed E-state index contributed by atoms with van der Waals surface area (Å²) in [5, 5.41) is 0. The average molecular weight is 425 g/mol. The predicted octanol–water partition coefficient (Wildman–Crippen LogP) is 2.64. The van der Waals surface area contributed by atoms with Gasteiger partial charge in [-0.3, -0.25) is 9.59 Å². The fourth-order valence-electron chi connectivity index (χ4n) is 4.46. The van der Waals surface area contributed by atoms with E-state index in [0.29, 0.717) is 30.8 Å². The van der Waals surface area contributed by atoms with Crippen LogP contribution >= 0.6 is 0 Å². The first-order valence-electron chi connectivity index (χ1n) is 10.6. The first-order valence-corrected chi connectivity index (χ1v) is 12.0. The summed E-state index contributed by atoms with van der Waals surface area (Å²) in [7, 11) is -3.65. The maximum Gasteiger partial charge on any atom is 0.326 e. The predicted molar refractivity (Wildman–Crippen MR) is 110 cm³/mol. The molecule has 0 spiro atoms. The topological polar surface area (TPSA) is 85.7 Å². The molecule has 2 aliphatic rings. The lowest BCUT2D eigenvalue weighted by molar-refractivity contribution is -0.156. The Morgan fingerprint density at radius 1 is 1.21 bits per heavy atom. The third-order valence-corrected chi connectivity index (χ3v) is 8.08. The van der Waals surface area contributed by atoms with Crippen molar-refractivity contribution in [3.8, 4) is 0 Å². The van der Waals surface area contributed by atoms with Crippen LogP contribution in [-0.2, 0) is 26.1 Å². The second-order valence-corrected chi connectivity index (χ2v) is 10.7. The van der Waals surface area contributed by atoms with E-state index in [1.807, 2.05) is 0 Å². The zero-order valence-corrected chi connectivity index (χ0v) is 18.4. The van der Waals surface area contributed by atoms with Gasteiger partial charge in [0.2, 0.25) is 10.0 Å². The van der Waals surface area contributed by atoms with Crippen molar-refractivity contribution < 1.29 is 17.9 Å². The van der Waals surface area contributed by atoms with E-state index in [1.54, 1.807) is 0 Å². The average Bonchev–Trinajstić information content (AvgIpc) is 3.18. The largest absolute Gasteiger partial charge is 0.461 e. The molecule has 1 aromatic rings. The third-order valence-electron chi connectivity index (χ3n) is 6.20. The van der Waals surface area contributed by atoms with Crippen molar-refractivity contribution in [2.75, 3.05) is 13.1 Å². The Balaban J connectivity index is 1.74. The lowest BCUT2D eigenvalue weighted by atomic mass is 9.75. The molecule has 3 rings (SSSR count). The first-order chi connectivity index (χ1) is 13.7. The Kier molecular flexibility index (Phi) is 6.83. The van der Waals surface area contributed by atoms with Crippen LogP contribution in [0, 0.1) is 17.8 Å². The van der Waals surface area contributed by atoms with Crippen molar-refractivity contribution in [1.82, 2.24) is 8.87 Å². The van der Waals surface area contributed by atoms with Gasteiger partial charge in [-0.1, -0.05) is 27.2 Å². The van der Waals surface area contributed by atoms with Crippen molar-refractivity contribution in [3.63, 3.8) is 0 Å². The summed E-state index contributed by atoms with van der Waals surface area (Å²) in [6, 6.07) is 2.52. The Labute approximate surface area is 173 Å². The highest BCUT2D eigenvalue weighted by Crippen LogP contribution is 2.35. The standard InChI is InChI=1S/C21H32N2O5S/c1-15(2)18-8-6-16(3)12-19(18)28-21(25)14-22-13-17(7-9-20(22)24)29(26,27)23-10-4-5-11-23/h7,9,13,15-16,18-19H,4-6,8,10-12,14H2,1-3H3/t16-,18+,19-/m1/s1. The molecule has 3 atom stereocenters. The van der Waals surface area contributed by atoms with Gasteiger partial charge in [-0.05, 0) is 49.5 Å². The van der Waals surface area contributed by atoms with Crippen LogP contribution in [0.5, 0.6) is 0 Å². The van der Waals surface area contributed by atoms with Crippen LogP contribution in [-0.4, -0.2) is 42.5 Å². The van der Waals surface area contributed by atoms with Crippen LogP contribution in [0.15, 0.2) is 28.0 Å². The molecule has 1 aliphatic carbocycles. The molecule has 2 fully saturated rings. The summed E-state index contributed by atoms with van der Waals surface area (Å²) in [4.78, 5) is 24.8. The molecule has 1 aromatic heterocycles. The summed E-state index contributed by atoms with van der Waals surface area (Å²) < 4.78 is 33.8. The molecule has 0 radical (unpaired) electrons. The molecule has 1 aliphatic heterocycles. The number of aromatic nitrogens is 1. The van der Waals surface area contributed by atoms with Crippen LogP contribution in [0.2, 0.25) is 0 Å². The smallest absolute Gasteiger partial charge is 0.326 e. The number of hydrogen-bond acceptors (Lipinski definition) is 5. The van der Waals surface area contributed by atoms with Crippen molar-refractivity contribution in [3.05, 3.63) is 28.7 Å². The Morgan fingerprint density at radius 2 is 1.90 bits per heavy atom. The third kappa shape index (κ3) is 5.09. The maximum absolute atomic E-state index is 12.7. The number of pyridine rings is 1. The molecule has 1 saturated carbocycles. The lowest BCUT2D eigenvalue weighted by Crippen LogP contribution is -2.37. The van der Waals surface area contributed by atoms with Gasteiger partial charge in [0.25, 0.3) is 5.56 Å². The number of ether oxygens (including phenoxy) is 1. The molecule has 0 unspecified atom stereocenters. The highest BCUT2D eigenvalue weighted by Gasteiger charge is 2.33. The van der Waals surface area contributed by atoms with Gasteiger partial charge in [0.1, 0.15) is 12.6 Å². The lowest BCUT2D eigenvalue weighted by Gasteiger charge is -2.36. The van der Waals surface area contributed by atoms with E-state index in [4.69, 9.17) is 4.74 Å². The van der Waals surface area contributed by atoms with E-state index in [0.717, 1.165) is 36.7 Å². The van der Waals surface area contributed by atoms with Gasteiger partial charge in [0.05, 0.1) is 4.90 Å². The van der Waals surface area contributed by atoms with E-state index in [9.17, 15) is 18.0 Å². The van der Waals surface area contributed by atoms with Gasteiger partial charge >= 0.3 is 5.97 Å². The summed E-state index contributed by atoms with van der Waals surface area (Å²) in [5.74, 6) is 0.734.